The van der Waals surface area contributed by atoms with E-state index in [1.165, 1.54) is 28.5 Å². The van der Waals surface area contributed by atoms with Crippen LogP contribution in [0.3, 0.4) is 0 Å². The van der Waals surface area contributed by atoms with Gasteiger partial charge in [-0.25, -0.2) is 8.42 Å². The van der Waals surface area contributed by atoms with Gasteiger partial charge >= 0.3 is 0 Å². The van der Waals surface area contributed by atoms with Gasteiger partial charge in [0.15, 0.2) is 0 Å². The molecule has 0 aliphatic heterocycles. The van der Waals surface area contributed by atoms with Crippen molar-refractivity contribution in [2.24, 2.45) is 0 Å². The molecule has 0 bridgehead atoms. The van der Waals surface area contributed by atoms with Crippen molar-refractivity contribution in [2.75, 3.05) is 7.05 Å². The Kier molecular flexibility index (Phi) is 4.46. The van der Waals surface area contributed by atoms with Gasteiger partial charge in [0.2, 0.25) is 10.0 Å². The van der Waals surface area contributed by atoms with Crippen molar-refractivity contribution in [2.45, 2.75) is 36.9 Å². The molecule has 21 heavy (non-hydrogen) atoms. The lowest BCUT2D eigenvalue weighted by atomic mass is 10.4. The maximum Gasteiger partial charge on any atom is 0.243 e. The molecule has 114 valence electrons. The molecule has 0 atom stereocenters. The van der Waals surface area contributed by atoms with Crippen molar-refractivity contribution >= 4 is 32.7 Å². The fourth-order valence-electron chi connectivity index (χ4n) is 2.01. The molecule has 4 nitrogen and oxygen atoms in total. The zero-order valence-corrected chi connectivity index (χ0v) is 14.2. The molecule has 2 aromatic rings. The SMILES string of the molecule is CN(Cc1cccs1)S(=O)(=O)c1csc(CNC2CC2)c1. The number of nitrogens with one attached hydrogen (secondary N) is 1. The molecule has 0 unspecified atom stereocenters. The van der Waals surface area contributed by atoms with Crippen molar-refractivity contribution in [1.82, 2.24) is 9.62 Å². The van der Waals surface area contributed by atoms with E-state index in [2.05, 4.69) is 5.32 Å². The van der Waals surface area contributed by atoms with Crippen LogP contribution in [0.15, 0.2) is 33.9 Å². The first-order valence-corrected chi connectivity index (χ1v) is 10.0. The molecule has 0 saturated heterocycles. The van der Waals surface area contributed by atoms with Gasteiger partial charge in [0.1, 0.15) is 0 Å². The van der Waals surface area contributed by atoms with Gasteiger partial charge < -0.3 is 5.32 Å². The summed E-state index contributed by atoms with van der Waals surface area (Å²) < 4.78 is 26.5. The lowest BCUT2D eigenvalue weighted by Gasteiger charge is -2.15. The minimum absolute atomic E-state index is 0.402. The lowest BCUT2D eigenvalue weighted by molar-refractivity contribution is 0.470. The van der Waals surface area contributed by atoms with E-state index in [1.807, 2.05) is 17.5 Å². The Balaban J connectivity index is 1.68. The predicted molar refractivity (Wildman–Crippen MR) is 87.2 cm³/mol. The monoisotopic (exact) mass is 342 g/mol. The molecule has 1 N–H and O–H groups in total. The molecular weight excluding hydrogens is 324 g/mol. The second-order valence-electron chi connectivity index (χ2n) is 5.24. The fourth-order valence-corrected chi connectivity index (χ4v) is 5.21. The Labute approximate surface area is 133 Å². The molecule has 1 fully saturated rings. The van der Waals surface area contributed by atoms with Crippen LogP contribution in [-0.4, -0.2) is 25.8 Å². The van der Waals surface area contributed by atoms with Crippen LogP contribution in [0.2, 0.25) is 0 Å². The molecule has 1 saturated carbocycles. The molecule has 1 aliphatic carbocycles. The summed E-state index contributed by atoms with van der Waals surface area (Å²) in [7, 11) is -1.76. The van der Waals surface area contributed by atoms with Gasteiger partial charge in [-0.05, 0) is 30.4 Å². The van der Waals surface area contributed by atoms with Crippen molar-refractivity contribution in [3.63, 3.8) is 0 Å². The highest BCUT2D eigenvalue weighted by Gasteiger charge is 2.24. The second-order valence-corrected chi connectivity index (χ2v) is 9.32. The summed E-state index contributed by atoms with van der Waals surface area (Å²) in [4.78, 5) is 2.52. The van der Waals surface area contributed by atoms with Gasteiger partial charge in [-0.2, -0.15) is 4.31 Å². The highest BCUT2D eigenvalue weighted by molar-refractivity contribution is 7.89. The Morgan fingerprint density at radius 2 is 2.14 bits per heavy atom. The Morgan fingerprint density at radius 1 is 1.33 bits per heavy atom. The smallest absolute Gasteiger partial charge is 0.243 e. The molecule has 3 rings (SSSR count). The molecule has 2 aromatic heterocycles. The summed E-state index contributed by atoms with van der Waals surface area (Å²) in [6.07, 6.45) is 2.47. The highest BCUT2D eigenvalue weighted by atomic mass is 32.2. The number of hydrogen-bond donors (Lipinski definition) is 1. The van der Waals surface area contributed by atoms with Crippen LogP contribution in [0.5, 0.6) is 0 Å². The standard InChI is InChI=1S/C14H18N2O2S3/c1-16(9-12-3-2-6-19-12)21(17,18)14-7-13(20-10-14)8-15-11-4-5-11/h2-3,6-7,10-11,15H,4-5,8-9H2,1H3. The maximum atomic E-state index is 12.5. The molecule has 0 spiro atoms. The number of hydrogen-bond acceptors (Lipinski definition) is 5. The summed E-state index contributed by atoms with van der Waals surface area (Å²) in [6.45, 7) is 1.19. The first-order valence-electron chi connectivity index (χ1n) is 6.85. The third-order valence-corrected chi connectivity index (χ3v) is 7.17. The minimum atomic E-state index is -3.39. The maximum absolute atomic E-state index is 12.5. The second kappa shape index (κ2) is 6.18. The zero-order chi connectivity index (χ0) is 14.9. The molecule has 2 heterocycles. The summed E-state index contributed by atoms with van der Waals surface area (Å²) >= 11 is 3.08. The predicted octanol–water partition coefficient (Wildman–Crippen LogP) is 2.88. The highest BCUT2D eigenvalue weighted by Crippen LogP contribution is 2.25. The van der Waals surface area contributed by atoms with Crippen LogP contribution in [0, 0.1) is 0 Å². The summed E-state index contributed by atoms with van der Waals surface area (Å²) in [5.41, 5.74) is 0. The van der Waals surface area contributed by atoms with E-state index in [4.69, 9.17) is 0 Å². The average molecular weight is 343 g/mol. The van der Waals surface area contributed by atoms with E-state index in [9.17, 15) is 8.42 Å². The van der Waals surface area contributed by atoms with Crippen LogP contribution >= 0.6 is 22.7 Å². The summed E-state index contributed by atoms with van der Waals surface area (Å²) in [5, 5.41) is 7.11. The Bertz CT molecular complexity index is 688. The molecule has 0 amide bonds. The summed E-state index contributed by atoms with van der Waals surface area (Å²) in [6, 6.07) is 6.32. The van der Waals surface area contributed by atoms with E-state index < -0.39 is 10.0 Å². The average Bonchev–Trinajstić information content (AvgIpc) is 2.93. The van der Waals surface area contributed by atoms with Crippen LogP contribution in [-0.2, 0) is 23.1 Å². The van der Waals surface area contributed by atoms with Crippen LogP contribution < -0.4 is 5.32 Å². The third kappa shape index (κ3) is 3.73. The van der Waals surface area contributed by atoms with Gasteiger partial charge in [0.05, 0.1) is 4.90 Å². The quantitative estimate of drug-likeness (QED) is 0.842. The molecule has 0 aromatic carbocycles. The van der Waals surface area contributed by atoms with Gasteiger partial charge in [-0.1, -0.05) is 6.07 Å². The van der Waals surface area contributed by atoms with Crippen molar-refractivity contribution < 1.29 is 8.42 Å². The van der Waals surface area contributed by atoms with Gasteiger partial charge in [0, 0.05) is 41.3 Å². The topological polar surface area (TPSA) is 49.4 Å². The molecule has 0 radical (unpaired) electrons. The largest absolute Gasteiger partial charge is 0.309 e. The van der Waals surface area contributed by atoms with E-state index in [0.29, 0.717) is 17.5 Å². The fraction of sp³-hybridized carbons (Fsp3) is 0.429. The van der Waals surface area contributed by atoms with E-state index in [-0.39, 0.29) is 0 Å². The minimum Gasteiger partial charge on any atom is -0.309 e. The number of nitrogens with zero attached hydrogens (tertiary/aromatic N) is 1. The zero-order valence-electron chi connectivity index (χ0n) is 11.8. The van der Waals surface area contributed by atoms with Crippen LogP contribution in [0.4, 0.5) is 0 Å². The van der Waals surface area contributed by atoms with E-state index in [0.717, 1.165) is 16.3 Å². The van der Waals surface area contributed by atoms with E-state index >= 15 is 0 Å². The first-order chi connectivity index (χ1) is 10.1. The number of thiophene rings is 2. The van der Waals surface area contributed by atoms with Crippen molar-refractivity contribution in [3.05, 3.63) is 38.7 Å². The van der Waals surface area contributed by atoms with Crippen LogP contribution in [0.25, 0.3) is 0 Å². The summed E-state index contributed by atoms with van der Waals surface area (Å²) in [5.74, 6) is 0. The van der Waals surface area contributed by atoms with E-state index in [1.54, 1.807) is 29.8 Å². The molecular formula is C14H18N2O2S3. The third-order valence-electron chi connectivity index (χ3n) is 3.44. The van der Waals surface area contributed by atoms with Crippen LogP contribution in [0.1, 0.15) is 22.6 Å². The van der Waals surface area contributed by atoms with Gasteiger partial charge in [0.25, 0.3) is 0 Å². The van der Waals surface area contributed by atoms with Crippen molar-refractivity contribution in [1.29, 1.82) is 0 Å². The number of rotatable bonds is 7. The van der Waals surface area contributed by atoms with Gasteiger partial charge in [-0.15, -0.1) is 22.7 Å². The molecule has 1 aliphatic rings. The number of sulfonamides is 1. The Morgan fingerprint density at radius 3 is 2.81 bits per heavy atom. The normalized spacial score (nSPS) is 15.7. The Hall–Kier alpha value is -0.730. The van der Waals surface area contributed by atoms with Gasteiger partial charge in [-0.3, -0.25) is 0 Å². The first kappa shape index (κ1) is 15.2. The lowest BCUT2D eigenvalue weighted by Crippen LogP contribution is -2.25. The molecule has 7 heteroatoms. The van der Waals surface area contributed by atoms with Crippen molar-refractivity contribution in [3.8, 4) is 0 Å².